The number of hydrogen-bond acceptors (Lipinski definition) is 2. The van der Waals surface area contributed by atoms with E-state index in [0.29, 0.717) is 29.1 Å². The van der Waals surface area contributed by atoms with E-state index in [1.54, 1.807) is 12.1 Å². The molecule has 3 rings (SSSR count). The van der Waals surface area contributed by atoms with Crippen molar-refractivity contribution in [3.8, 4) is 5.75 Å². The van der Waals surface area contributed by atoms with Gasteiger partial charge in [0.25, 0.3) is 0 Å². The molecule has 1 aliphatic heterocycles. The van der Waals surface area contributed by atoms with Crippen molar-refractivity contribution in [1.82, 2.24) is 0 Å². The van der Waals surface area contributed by atoms with Gasteiger partial charge in [-0.3, -0.25) is 0 Å². The molecular weight excluding hydrogens is 308 g/mol. The molecule has 0 aromatic heterocycles. The Morgan fingerprint density at radius 3 is 2.68 bits per heavy atom. The molecule has 5 heteroatoms. The fourth-order valence-corrected chi connectivity index (χ4v) is 2.87. The maximum Gasteiger partial charge on any atom is 0.147 e. The normalized spacial score (nSPS) is 13.8. The van der Waals surface area contributed by atoms with E-state index in [1.165, 1.54) is 18.2 Å². The molecule has 0 radical (unpaired) electrons. The number of benzene rings is 2. The molecule has 0 saturated heterocycles. The number of rotatable bonds is 2. The van der Waals surface area contributed by atoms with Crippen LogP contribution in [0.25, 0.3) is 5.57 Å². The van der Waals surface area contributed by atoms with Crippen molar-refractivity contribution in [2.75, 3.05) is 11.9 Å². The number of nitrogens with one attached hydrogen (secondary N) is 1. The third kappa shape index (κ3) is 2.55. The lowest BCUT2D eigenvalue weighted by molar-refractivity contribution is 0.471. The summed E-state index contributed by atoms with van der Waals surface area (Å²) >= 11 is 5.75. The number of hydrogen-bond donors (Lipinski definition) is 2. The third-order valence-corrected chi connectivity index (χ3v) is 4.17. The molecule has 1 heterocycles. The van der Waals surface area contributed by atoms with E-state index in [1.807, 2.05) is 6.92 Å². The fraction of sp³-hybridized carbons (Fsp3) is 0.176. The lowest BCUT2D eigenvalue weighted by atomic mass is 9.91. The quantitative estimate of drug-likeness (QED) is 0.835. The Balaban J connectivity index is 2.03. The Kier molecular flexibility index (Phi) is 3.79. The van der Waals surface area contributed by atoms with E-state index in [0.717, 1.165) is 11.1 Å². The Labute approximate surface area is 132 Å². The van der Waals surface area contributed by atoms with Crippen LogP contribution in [0.2, 0.25) is 5.02 Å². The number of anilines is 1. The Morgan fingerprint density at radius 1 is 1.18 bits per heavy atom. The zero-order valence-corrected chi connectivity index (χ0v) is 12.6. The molecular formula is C17H14ClF2NO. The number of halogens is 3. The van der Waals surface area contributed by atoms with Crippen LogP contribution in [-0.2, 0) is 6.42 Å². The van der Waals surface area contributed by atoms with Crippen molar-refractivity contribution in [3.63, 3.8) is 0 Å². The number of phenolic OH excluding ortho intramolecular Hbond substituents is 1. The molecule has 0 saturated carbocycles. The molecule has 2 aromatic rings. The van der Waals surface area contributed by atoms with Gasteiger partial charge in [0, 0.05) is 17.1 Å². The SMILES string of the molecule is CC1=C(Cc2ccc(Cl)cc2F)CNc2c(F)ccc(O)c21. The fourth-order valence-electron chi connectivity index (χ4n) is 2.71. The van der Waals surface area contributed by atoms with Crippen LogP contribution in [0, 0.1) is 11.6 Å². The van der Waals surface area contributed by atoms with Crippen molar-refractivity contribution < 1.29 is 13.9 Å². The van der Waals surface area contributed by atoms with Crippen molar-refractivity contribution in [2.24, 2.45) is 0 Å². The minimum absolute atomic E-state index is 0.00942. The minimum Gasteiger partial charge on any atom is -0.507 e. The van der Waals surface area contributed by atoms with Crippen LogP contribution in [0.4, 0.5) is 14.5 Å². The number of allylic oxidation sites excluding steroid dienone is 1. The second-order valence-corrected chi connectivity index (χ2v) is 5.75. The summed E-state index contributed by atoms with van der Waals surface area (Å²) in [6, 6.07) is 7.09. The molecule has 2 aromatic carbocycles. The summed E-state index contributed by atoms with van der Waals surface area (Å²) in [5, 5.41) is 13.3. The molecule has 2 nitrogen and oxygen atoms in total. The lowest BCUT2D eigenvalue weighted by Gasteiger charge is -2.24. The van der Waals surface area contributed by atoms with Gasteiger partial charge in [-0.05, 0) is 54.3 Å². The number of phenols is 1. The highest BCUT2D eigenvalue weighted by Gasteiger charge is 2.22. The molecule has 0 spiro atoms. The molecule has 0 atom stereocenters. The smallest absolute Gasteiger partial charge is 0.147 e. The van der Waals surface area contributed by atoms with E-state index in [4.69, 9.17) is 11.6 Å². The minimum atomic E-state index is -0.413. The predicted molar refractivity (Wildman–Crippen MR) is 84.3 cm³/mol. The van der Waals surface area contributed by atoms with Crippen LogP contribution in [0.5, 0.6) is 5.75 Å². The molecule has 1 aliphatic rings. The molecule has 0 aliphatic carbocycles. The highest BCUT2D eigenvalue weighted by molar-refractivity contribution is 6.30. The monoisotopic (exact) mass is 321 g/mol. The summed E-state index contributed by atoms with van der Waals surface area (Å²) < 4.78 is 27.8. The summed E-state index contributed by atoms with van der Waals surface area (Å²) in [5.74, 6) is -0.777. The van der Waals surface area contributed by atoms with E-state index < -0.39 is 5.82 Å². The molecule has 0 unspecified atom stereocenters. The van der Waals surface area contributed by atoms with Crippen LogP contribution in [-0.4, -0.2) is 11.7 Å². The largest absolute Gasteiger partial charge is 0.507 e. The van der Waals surface area contributed by atoms with Crippen molar-refractivity contribution in [3.05, 3.63) is 63.7 Å². The number of fused-ring (bicyclic) bond motifs is 1. The highest BCUT2D eigenvalue weighted by Crippen LogP contribution is 2.39. The zero-order chi connectivity index (χ0) is 15.9. The first kappa shape index (κ1) is 14.9. The van der Waals surface area contributed by atoms with Gasteiger partial charge in [0.1, 0.15) is 17.4 Å². The van der Waals surface area contributed by atoms with E-state index in [-0.39, 0.29) is 17.3 Å². The van der Waals surface area contributed by atoms with E-state index in [9.17, 15) is 13.9 Å². The summed E-state index contributed by atoms with van der Waals surface area (Å²) in [5.41, 5.74) is 2.91. The van der Waals surface area contributed by atoms with Crippen LogP contribution in [0.15, 0.2) is 35.9 Å². The maximum absolute atomic E-state index is 13.9. The van der Waals surface area contributed by atoms with Gasteiger partial charge in [-0.2, -0.15) is 0 Å². The van der Waals surface area contributed by atoms with Crippen LogP contribution in [0.3, 0.4) is 0 Å². The standard InChI is InChI=1S/C17H14ClF2NO/c1-9-11(6-10-2-3-12(18)7-14(10)20)8-21-17-13(19)4-5-15(22)16(9)17/h2-5,7,21-22H,6,8H2,1H3. The highest BCUT2D eigenvalue weighted by atomic mass is 35.5. The van der Waals surface area contributed by atoms with Gasteiger partial charge in [-0.1, -0.05) is 17.7 Å². The van der Waals surface area contributed by atoms with Crippen molar-refractivity contribution in [1.29, 1.82) is 0 Å². The van der Waals surface area contributed by atoms with Crippen molar-refractivity contribution >= 4 is 22.9 Å². The Morgan fingerprint density at radius 2 is 1.95 bits per heavy atom. The van der Waals surface area contributed by atoms with E-state index >= 15 is 0 Å². The lowest BCUT2D eigenvalue weighted by Crippen LogP contribution is -2.16. The van der Waals surface area contributed by atoms with Gasteiger partial charge in [-0.15, -0.1) is 0 Å². The first-order valence-electron chi connectivity index (χ1n) is 6.85. The summed E-state index contributed by atoms with van der Waals surface area (Å²) in [7, 11) is 0. The third-order valence-electron chi connectivity index (χ3n) is 3.94. The summed E-state index contributed by atoms with van der Waals surface area (Å²) in [4.78, 5) is 0. The van der Waals surface area contributed by atoms with Gasteiger partial charge >= 0.3 is 0 Å². The molecule has 0 fully saturated rings. The number of aromatic hydroxyl groups is 1. The maximum atomic E-state index is 13.9. The first-order chi connectivity index (χ1) is 10.5. The van der Waals surface area contributed by atoms with Crippen molar-refractivity contribution in [2.45, 2.75) is 13.3 Å². The predicted octanol–water partition coefficient (Wildman–Crippen LogP) is 4.77. The molecule has 114 valence electrons. The van der Waals surface area contributed by atoms with Gasteiger partial charge in [0.05, 0.1) is 5.69 Å². The van der Waals surface area contributed by atoms with Gasteiger partial charge in [0.15, 0.2) is 0 Å². The summed E-state index contributed by atoms with van der Waals surface area (Å²) in [6.45, 7) is 2.21. The second-order valence-electron chi connectivity index (χ2n) is 5.31. The Hall–Kier alpha value is -2.07. The Bertz CT molecular complexity index is 786. The van der Waals surface area contributed by atoms with Gasteiger partial charge < -0.3 is 10.4 Å². The average Bonchev–Trinajstić information content (AvgIpc) is 2.48. The van der Waals surface area contributed by atoms with Crippen LogP contribution in [0.1, 0.15) is 18.1 Å². The molecule has 2 N–H and O–H groups in total. The van der Waals surface area contributed by atoms with Gasteiger partial charge in [0.2, 0.25) is 0 Å². The second kappa shape index (κ2) is 5.61. The molecule has 0 amide bonds. The van der Waals surface area contributed by atoms with Gasteiger partial charge in [-0.25, -0.2) is 8.78 Å². The zero-order valence-electron chi connectivity index (χ0n) is 11.9. The van der Waals surface area contributed by atoms with E-state index in [2.05, 4.69) is 5.32 Å². The first-order valence-corrected chi connectivity index (χ1v) is 7.23. The molecule has 0 bridgehead atoms. The van der Waals surface area contributed by atoms with Crippen LogP contribution < -0.4 is 5.32 Å². The molecule has 22 heavy (non-hydrogen) atoms. The summed E-state index contributed by atoms with van der Waals surface area (Å²) in [6.07, 6.45) is 0.372. The van der Waals surface area contributed by atoms with Crippen LogP contribution >= 0.6 is 11.6 Å². The average molecular weight is 322 g/mol. The topological polar surface area (TPSA) is 32.3 Å².